The third kappa shape index (κ3) is 2.44. The van der Waals surface area contributed by atoms with Gasteiger partial charge in [0.2, 0.25) is 0 Å². The first kappa shape index (κ1) is 16.6. The van der Waals surface area contributed by atoms with Crippen molar-refractivity contribution in [1.82, 2.24) is 20.3 Å². The molecule has 138 valence electrons. The molecule has 0 saturated carbocycles. The second-order valence-electron chi connectivity index (χ2n) is 7.45. The van der Waals surface area contributed by atoms with E-state index in [1.165, 1.54) is 11.6 Å². The van der Waals surface area contributed by atoms with Crippen molar-refractivity contribution in [2.75, 3.05) is 13.1 Å². The van der Waals surface area contributed by atoms with Crippen LogP contribution >= 0.6 is 0 Å². The van der Waals surface area contributed by atoms with Crippen LogP contribution < -0.4 is 5.32 Å². The molecule has 2 atom stereocenters. The zero-order valence-electron chi connectivity index (χ0n) is 14.8. The maximum Gasteiger partial charge on any atom is 0.132 e. The summed E-state index contributed by atoms with van der Waals surface area (Å²) >= 11 is 0. The normalized spacial score (nSPS) is 23.5. The summed E-state index contributed by atoms with van der Waals surface area (Å²) in [7, 11) is 0. The average Bonchev–Trinajstić information content (AvgIpc) is 3.26. The summed E-state index contributed by atoms with van der Waals surface area (Å²) in [5.74, 6) is -0.327. The first-order valence-corrected chi connectivity index (χ1v) is 9.36. The minimum absolute atomic E-state index is 0.267. The van der Waals surface area contributed by atoms with Crippen LogP contribution in [0.3, 0.4) is 0 Å². The van der Waals surface area contributed by atoms with Crippen molar-refractivity contribution in [3.8, 4) is 11.3 Å². The number of rotatable bonds is 2. The first-order valence-electron chi connectivity index (χ1n) is 9.36. The van der Waals surface area contributed by atoms with Gasteiger partial charge in [-0.25, -0.2) is 9.07 Å². The highest BCUT2D eigenvalue weighted by Crippen LogP contribution is 2.51. The Morgan fingerprint density at radius 2 is 1.81 bits per heavy atom. The molecule has 2 aliphatic rings. The third-order valence-electron chi connectivity index (χ3n) is 6.12. The molecule has 5 rings (SSSR count). The molecule has 1 aliphatic heterocycles. The molecule has 6 heteroatoms. The van der Waals surface area contributed by atoms with E-state index in [2.05, 4.69) is 27.8 Å². The van der Waals surface area contributed by atoms with Gasteiger partial charge in [0.25, 0.3) is 0 Å². The number of piperidine rings is 1. The number of aliphatic hydroxyl groups is 1. The number of nitrogens with zero attached hydrogens (tertiary/aromatic N) is 3. The lowest BCUT2D eigenvalue weighted by Crippen LogP contribution is -2.47. The fourth-order valence-electron chi connectivity index (χ4n) is 4.77. The third-order valence-corrected chi connectivity index (χ3v) is 6.12. The van der Waals surface area contributed by atoms with Gasteiger partial charge in [-0.2, -0.15) is 0 Å². The lowest BCUT2D eigenvalue weighted by atomic mass is 9.72. The van der Waals surface area contributed by atoms with Gasteiger partial charge in [-0.05, 0) is 49.2 Å². The summed E-state index contributed by atoms with van der Waals surface area (Å²) in [5, 5.41) is 23.2. The van der Waals surface area contributed by atoms with Crippen molar-refractivity contribution >= 4 is 0 Å². The summed E-state index contributed by atoms with van der Waals surface area (Å²) in [6, 6.07) is 14.4. The lowest BCUT2D eigenvalue weighted by molar-refractivity contribution is 0.0421. The van der Waals surface area contributed by atoms with Gasteiger partial charge in [0.1, 0.15) is 17.6 Å². The molecule has 5 nitrogen and oxygen atoms in total. The van der Waals surface area contributed by atoms with Gasteiger partial charge in [0, 0.05) is 11.0 Å². The van der Waals surface area contributed by atoms with Crippen LogP contribution in [-0.4, -0.2) is 39.3 Å². The van der Waals surface area contributed by atoms with Crippen molar-refractivity contribution in [2.24, 2.45) is 0 Å². The Morgan fingerprint density at radius 1 is 1.07 bits per heavy atom. The highest BCUT2D eigenvalue weighted by molar-refractivity contribution is 5.58. The van der Waals surface area contributed by atoms with Crippen LogP contribution in [0.15, 0.2) is 54.7 Å². The molecular weight excluding hydrogens is 343 g/mol. The Morgan fingerprint density at radius 3 is 2.63 bits per heavy atom. The maximum atomic E-state index is 14.1. The Balaban J connectivity index is 1.59. The number of hydrogen-bond acceptors (Lipinski definition) is 4. The highest BCUT2D eigenvalue weighted by atomic mass is 19.1. The average molecular weight is 364 g/mol. The van der Waals surface area contributed by atoms with E-state index < -0.39 is 6.10 Å². The second-order valence-corrected chi connectivity index (χ2v) is 7.45. The van der Waals surface area contributed by atoms with Crippen LogP contribution in [0.4, 0.5) is 4.39 Å². The molecule has 2 aromatic carbocycles. The monoisotopic (exact) mass is 364 g/mol. The van der Waals surface area contributed by atoms with E-state index in [-0.39, 0.29) is 17.3 Å². The quantitative estimate of drug-likeness (QED) is 0.734. The topological polar surface area (TPSA) is 63.0 Å². The summed E-state index contributed by atoms with van der Waals surface area (Å²) < 4.78 is 15.8. The Labute approximate surface area is 156 Å². The molecule has 3 aromatic rings. The zero-order chi connectivity index (χ0) is 18.4. The molecule has 0 amide bonds. The summed E-state index contributed by atoms with van der Waals surface area (Å²) in [6.45, 7) is 1.77. The number of halogens is 1. The number of benzene rings is 2. The molecule has 2 N–H and O–H groups in total. The van der Waals surface area contributed by atoms with E-state index in [1.54, 1.807) is 29.1 Å². The molecule has 1 spiro atoms. The largest absolute Gasteiger partial charge is 0.390 e. The van der Waals surface area contributed by atoms with Crippen LogP contribution in [0.2, 0.25) is 0 Å². The van der Waals surface area contributed by atoms with Crippen molar-refractivity contribution in [3.63, 3.8) is 0 Å². The SMILES string of the molecule is O[C@H]1[C@H](n2cc(-c3ccccc3F)nn2)c2ccccc2C12CCNCC2. The smallest absolute Gasteiger partial charge is 0.132 e. The predicted molar refractivity (Wildman–Crippen MR) is 99.8 cm³/mol. The number of nitrogens with one attached hydrogen (secondary N) is 1. The van der Waals surface area contributed by atoms with Crippen LogP contribution in [0.1, 0.15) is 30.0 Å². The van der Waals surface area contributed by atoms with Gasteiger partial charge in [0.05, 0.1) is 12.3 Å². The Bertz CT molecular complexity index is 980. The molecule has 0 bridgehead atoms. The minimum atomic E-state index is -0.591. The van der Waals surface area contributed by atoms with E-state index >= 15 is 0 Å². The van der Waals surface area contributed by atoms with Crippen molar-refractivity contribution in [2.45, 2.75) is 30.4 Å². The van der Waals surface area contributed by atoms with Gasteiger partial charge < -0.3 is 10.4 Å². The van der Waals surface area contributed by atoms with E-state index in [0.29, 0.717) is 11.3 Å². The molecule has 0 unspecified atom stereocenters. The number of fused-ring (bicyclic) bond motifs is 2. The van der Waals surface area contributed by atoms with Gasteiger partial charge in [-0.3, -0.25) is 0 Å². The summed E-state index contributed by atoms with van der Waals surface area (Å²) in [5.41, 5.74) is 2.91. The van der Waals surface area contributed by atoms with Crippen molar-refractivity contribution in [1.29, 1.82) is 0 Å². The minimum Gasteiger partial charge on any atom is -0.390 e. The van der Waals surface area contributed by atoms with Crippen LogP contribution in [0.25, 0.3) is 11.3 Å². The van der Waals surface area contributed by atoms with Crippen LogP contribution in [0.5, 0.6) is 0 Å². The molecular formula is C21H21FN4O. The van der Waals surface area contributed by atoms with Crippen molar-refractivity contribution < 1.29 is 9.50 Å². The van der Waals surface area contributed by atoms with E-state index in [4.69, 9.17) is 0 Å². The number of aromatic nitrogens is 3. The second kappa shape index (κ2) is 6.25. The summed E-state index contributed by atoms with van der Waals surface area (Å²) in [4.78, 5) is 0. The van der Waals surface area contributed by atoms with Gasteiger partial charge in [0.15, 0.2) is 0 Å². The lowest BCUT2D eigenvalue weighted by Gasteiger charge is -2.38. The molecule has 27 heavy (non-hydrogen) atoms. The molecule has 1 aromatic heterocycles. The molecule has 2 heterocycles. The summed E-state index contributed by atoms with van der Waals surface area (Å²) in [6.07, 6.45) is 2.92. The van der Waals surface area contributed by atoms with Gasteiger partial charge >= 0.3 is 0 Å². The Hall–Kier alpha value is -2.57. The highest BCUT2D eigenvalue weighted by Gasteiger charge is 2.52. The van der Waals surface area contributed by atoms with E-state index in [0.717, 1.165) is 31.5 Å². The molecule has 0 radical (unpaired) electrons. The Kier molecular flexibility index (Phi) is 3.84. The first-order chi connectivity index (χ1) is 13.2. The maximum absolute atomic E-state index is 14.1. The predicted octanol–water partition coefficient (Wildman–Crippen LogP) is 2.67. The van der Waals surface area contributed by atoms with Gasteiger partial charge in [-0.1, -0.05) is 41.6 Å². The number of aliphatic hydroxyl groups excluding tert-OH is 1. The van der Waals surface area contributed by atoms with E-state index in [9.17, 15) is 9.50 Å². The molecule has 1 fully saturated rings. The van der Waals surface area contributed by atoms with Gasteiger partial charge in [-0.15, -0.1) is 5.10 Å². The zero-order valence-corrected chi connectivity index (χ0v) is 14.8. The molecule has 1 aliphatic carbocycles. The number of hydrogen-bond donors (Lipinski definition) is 2. The standard InChI is InChI=1S/C21H21FN4O/c22-17-8-4-2-6-15(17)18-13-26(25-24-18)19-14-5-1-3-7-16(14)21(20(19)27)9-11-23-12-10-21/h1-8,13,19-20,23,27H,9-12H2/t19-,20+/m1/s1. The molecule has 1 saturated heterocycles. The fourth-order valence-corrected chi connectivity index (χ4v) is 4.77. The fraction of sp³-hybridized carbons (Fsp3) is 0.333. The van der Waals surface area contributed by atoms with Crippen molar-refractivity contribution in [3.05, 3.63) is 71.7 Å². The van der Waals surface area contributed by atoms with Crippen LogP contribution in [0, 0.1) is 5.82 Å². The van der Waals surface area contributed by atoms with Crippen LogP contribution in [-0.2, 0) is 5.41 Å². The van der Waals surface area contributed by atoms with E-state index in [1.807, 2.05) is 12.1 Å².